The topological polar surface area (TPSA) is 3.24 Å². The molecule has 258 valence electrons. The minimum absolute atomic E-state index is 1.12. The van der Waals surface area contributed by atoms with Gasteiger partial charge in [0.05, 0.1) is 10.4 Å². The normalized spacial score (nSPS) is 11.6. The number of rotatable bonds is 6. The fourth-order valence-corrected chi connectivity index (χ4v) is 10.7. The van der Waals surface area contributed by atoms with Crippen LogP contribution in [-0.4, -0.2) is 0 Å². The summed E-state index contributed by atoms with van der Waals surface area (Å²) in [5.74, 6) is 0. The fraction of sp³-hybridized carbons (Fsp3) is 0. The summed E-state index contributed by atoms with van der Waals surface area (Å²) in [6, 6.07) is 73.6. The van der Waals surface area contributed by atoms with Gasteiger partial charge < -0.3 is 4.90 Å². The molecule has 0 saturated heterocycles. The Morgan fingerprint density at radius 3 is 1.75 bits per heavy atom. The first kappa shape index (κ1) is 32.0. The molecular weight excluding hydrogens is 703 g/mol. The summed E-state index contributed by atoms with van der Waals surface area (Å²) < 4.78 is 5.19. The minimum atomic E-state index is 1.12. The summed E-state index contributed by atoms with van der Waals surface area (Å²) in [4.78, 5) is 2.48. The predicted octanol–water partition coefficient (Wildman–Crippen LogP) is 16.0. The Morgan fingerprint density at radius 2 is 0.909 bits per heavy atom. The van der Waals surface area contributed by atoms with Gasteiger partial charge in [-0.1, -0.05) is 146 Å². The van der Waals surface area contributed by atoms with E-state index in [4.69, 9.17) is 0 Å². The highest BCUT2D eigenvalue weighted by Crippen LogP contribution is 2.48. The SMILES string of the molecule is c1ccc(-c2ccc(N(c3cc(-c4cccc5ccccc45)cc(-c4cccc5sc6ccccc6c45)c3)c3cccc4c3sc3ccccc34)cc2)cc1. The molecule has 0 N–H and O–H groups in total. The van der Waals surface area contributed by atoms with Crippen LogP contribution >= 0.6 is 22.7 Å². The Kier molecular flexibility index (Phi) is 7.61. The van der Waals surface area contributed by atoms with Gasteiger partial charge in [0.25, 0.3) is 0 Å². The zero-order valence-electron chi connectivity index (χ0n) is 29.8. The third kappa shape index (κ3) is 5.43. The predicted molar refractivity (Wildman–Crippen MR) is 241 cm³/mol. The summed E-state index contributed by atoms with van der Waals surface area (Å²) in [6.45, 7) is 0. The van der Waals surface area contributed by atoms with E-state index < -0.39 is 0 Å². The van der Waals surface area contributed by atoms with Crippen LogP contribution in [0, 0.1) is 0 Å². The second kappa shape index (κ2) is 13.1. The molecular formula is C52H33NS2. The van der Waals surface area contributed by atoms with Gasteiger partial charge >= 0.3 is 0 Å². The maximum Gasteiger partial charge on any atom is 0.0640 e. The highest BCUT2D eigenvalue weighted by atomic mass is 32.1. The number of fused-ring (bicyclic) bond motifs is 7. The largest absolute Gasteiger partial charge is 0.309 e. The Bertz CT molecular complexity index is 3200. The van der Waals surface area contributed by atoms with E-state index in [0.29, 0.717) is 0 Å². The average Bonchev–Trinajstić information content (AvgIpc) is 3.83. The molecule has 3 heteroatoms. The Balaban J connectivity index is 1.21. The fourth-order valence-electron chi connectivity index (χ4n) is 8.31. The first-order valence-electron chi connectivity index (χ1n) is 18.7. The van der Waals surface area contributed by atoms with Crippen LogP contribution in [0.2, 0.25) is 0 Å². The van der Waals surface area contributed by atoms with Gasteiger partial charge in [0, 0.05) is 47.0 Å². The van der Waals surface area contributed by atoms with Crippen molar-refractivity contribution in [3.05, 3.63) is 200 Å². The molecule has 0 radical (unpaired) electrons. The van der Waals surface area contributed by atoms with Gasteiger partial charge in [-0.05, 0) is 98.8 Å². The van der Waals surface area contributed by atoms with Crippen molar-refractivity contribution in [2.75, 3.05) is 4.90 Å². The molecule has 2 heterocycles. The molecule has 11 rings (SSSR count). The number of thiophene rings is 2. The third-order valence-corrected chi connectivity index (χ3v) is 13.2. The Morgan fingerprint density at radius 1 is 0.327 bits per heavy atom. The highest BCUT2D eigenvalue weighted by Gasteiger charge is 2.21. The first-order chi connectivity index (χ1) is 27.3. The second-order valence-corrected chi connectivity index (χ2v) is 16.2. The molecule has 0 fully saturated rings. The molecule has 0 spiro atoms. The van der Waals surface area contributed by atoms with Crippen molar-refractivity contribution in [2.45, 2.75) is 0 Å². The molecule has 9 aromatic carbocycles. The van der Waals surface area contributed by atoms with Crippen molar-refractivity contribution >= 4 is 90.9 Å². The molecule has 55 heavy (non-hydrogen) atoms. The lowest BCUT2D eigenvalue weighted by atomic mass is 9.92. The minimum Gasteiger partial charge on any atom is -0.309 e. The number of anilines is 3. The van der Waals surface area contributed by atoms with E-state index in [1.807, 2.05) is 22.7 Å². The second-order valence-electron chi connectivity index (χ2n) is 14.1. The molecule has 0 atom stereocenters. The molecule has 11 aromatic rings. The van der Waals surface area contributed by atoms with Crippen LogP contribution in [0.5, 0.6) is 0 Å². The average molecular weight is 736 g/mol. The molecule has 0 aliphatic carbocycles. The van der Waals surface area contributed by atoms with Crippen molar-refractivity contribution in [3.63, 3.8) is 0 Å². The van der Waals surface area contributed by atoms with Crippen LogP contribution < -0.4 is 4.90 Å². The van der Waals surface area contributed by atoms with E-state index in [1.165, 1.54) is 90.2 Å². The molecule has 0 aliphatic rings. The Labute approximate surface area is 327 Å². The number of benzene rings is 9. The summed E-state index contributed by atoms with van der Waals surface area (Å²) in [5, 5.41) is 7.68. The zero-order valence-corrected chi connectivity index (χ0v) is 31.4. The van der Waals surface area contributed by atoms with Crippen LogP contribution in [0.3, 0.4) is 0 Å². The van der Waals surface area contributed by atoms with Gasteiger partial charge in [-0.2, -0.15) is 0 Å². The van der Waals surface area contributed by atoms with E-state index in [1.54, 1.807) is 0 Å². The van der Waals surface area contributed by atoms with Crippen molar-refractivity contribution in [1.82, 2.24) is 0 Å². The van der Waals surface area contributed by atoms with Crippen LogP contribution in [-0.2, 0) is 0 Å². The first-order valence-corrected chi connectivity index (χ1v) is 20.3. The maximum absolute atomic E-state index is 2.48. The molecule has 2 aromatic heterocycles. The third-order valence-electron chi connectivity index (χ3n) is 10.8. The quantitative estimate of drug-likeness (QED) is 0.164. The van der Waals surface area contributed by atoms with Gasteiger partial charge in [0.15, 0.2) is 0 Å². The van der Waals surface area contributed by atoms with Gasteiger partial charge in [0.2, 0.25) is 0 Å². The lowest BCUT2D eigenvalue weighted by Gasteiger charge is -2.28. The highest BCUT2D eigenvalue weighted by molar-refractivity contribution is 7.26. The van der Waals surface area contributed by atoms with Crippen molar-refractivity contribution in [3.8, 4) is 33.4 Å². The van der Waals surface area contributed by atoms with E-state index in [0.717, 1.165) is 11.4 Å². The number of nitrogens with zero attached hydrogens (tertiary/aromatic N) is 1. The lowest BCUT2D eigenvalue weighted by Crippen LogP contribution is -2.10. The molecule has 0 saturated carbocycles. The van der Waals surface area contributed by atoms with Gasteiger partial charge in [-0.25, -0.2) is 0 Å². The Hall–Kier alpha value is -6.52. The maximum atomic E-state index is 2.48. The summed E-state index contributed by atoms with van der Waals surface area (Å²) in [7, 11) is 0. The van der Waals surface area contributed by atoms with Crippen molar-refractivity contribution in [2.24, 2.45) is 0 Å². The molecule has 0 amide bonds. The molecule has 1 nitrogen and oxygen atoms in total. The number of hydrogen-bond acceptors (Lipinski definition) is 3. The summed E-state index contributed by atoms with van der Waals surface area (Å²) in [5.41, 5.74) is 10.7. The van der Waals surface area contributed by atoms with E-state index in [2.05, 4.69) is 205 Å². The summed E-state index contributed by atoms with van der Waals surface area (Å²) >= 11 is 3.74. The smallest absolute Gasteiger partial charge is 0.0640 e. The van der Waals surface area contributed by atoms with E-state index in [-0.39, 0.29) is 0 Å². The van der Waals surface area contributed by atoms with Gasteiger partial charge in [0.1, 0.15) is 0 Å². The molecule has 0 unspecified atom stereocenters. The standard InChI is InChI=1S/C52H33NS2/c1-2-13-34(14-3-1)35-27-29-39(30-28-35)53(47-23-11-22-45-44-18-6-8-24-48(44)55-52(45)47)40-32-37(42-20-10-16-36-15-4-5-17-41(36)42)31-38(33-40)43-21-12-26-50-51(43)46-19-7-9-25-49(46)54-50/h1-33H. The monoisotopic (exact) mass is 735 g/mol. The van der Waals surface area contributed by atoms with Crippen LogP contribution in [0.1, 0.15) is 0 Å². The molecule has 0 bridgehead atoms. The lowest BCUT2D eigenvalue weighted by molar-refractivity contribution is 1.30. The van der Waals surface area contributed by atoms with Crippen molar-refractivity contribution in [1.29, 1.82) is 0 Å². The van der Waals surface area contributed by atoms with E-state index in [9.17, 15) is 0 Å². The summed E-state index contributed by atoms with van der Waals surface area (Å²) in [6.07, 6.45) is 0. The van der Waals surface area contributed by atoms with Crippen LogP contribution in [0.25, 0.3) is 84.5 Å². The van der Waals surface area contributed by atoms with Gasteiger partial charge in [-0.3, -0.25) is 0 Å². The van der Waals surface area contributed by atoms with Gasteiger partial charge in [-0.15, -0.1) is 22.7 Å². The van der Waals surface area contributed by atoms with Crippen molar-refractivity contribution < 1.29 is 0 Å². The zero-order chi connectivity index (χ0) is 36.3. The van der Waals surface area contributed by atoms with Crippen LogP contribution in [0.4, 0.5) is 17.1 Å². The van der Waals surface area contributed by atoms with E-state index >= 15 is 0 Å². The molecule has 0 aliphatic heterocycles. The van der Waals surface area contributed by atoms with Crippen LogP contribution in [0.15, 0.2) is 200 Å². The number of hydrogen-bond donors (Lipinski definition) is 0.